The van der Waals surface area contributed by atoms with Crippen LogP contribution in [0.4, 0.5) is 5.69 Å². The Kier molecular flexibility index (Phi) is 4.87. The summed E-state index contributed by atoms with van der Waals surface area (Å²) in [5.41, 5.74) is 2.34. The molecule has 1 unspecified atom stereocenters. The van der Waals surface area contributed by atoms with Gasteiger partial charge in [-0.3, -0.25) is 9.78 Å². The molecular weight excluding hydrogens is 338 g/mol. The number of sulfonamides is 1. The summed E-state index contributed by atoms with van der Waals surface area (Å²) in [6, 6.07) is 9.89. The van der Waals surface area contributed by atoms with Gasteiger partial charge in [0.2, 0.25) is 15.9 Å². The van der Waals surface area contributed by atoms with Gasteiger partial charge in [0.1, 0.15) is 0 Å². The monoisotopic (exact) mass is 359 g/mol. The molecule has 25 heavy (non-hydrogen) atoms. The largest absolute Gasteiger partial charge is 0.312 e. The molecule has 3 rings (SSSR count). The second-order valence-corrected chi connectivity index (χ2v) is 7.88. The lowest BCUT2D eigenvalue weighted by atomic mass is 10.0. The maximum absolute atomic E-state index is 12.7. The molecule has 2 aromatic rings. The van der Waals surface area contributed by atoms with Crippen molar-refractivity contribution in [1.82, 2.24) is 9.71 Å². The number of carbonyl (C=O) groups excluding carboxylic acids is 1. The Morgan fingerprint density at radius 2 is 2.08 bits per heavy atom. The molecule has 0 fully saturated rings. The number of anilines is 1. The number of pyridine rings is 1. The predicted octanol–water partition coefficient (Wildman–Crippen LogP) is 2.42. The number of carbonyl (C=O) groups is 1. The average molecular weight is 359 g/mol. The molecule has 1 aromatic heterocycles. The molecule has 1 atom stereocenters. The summed E-state index contributed by atoms with van der Waals surface area (Å²) >= 11 is 0. The molecule has 1 aliphatic heterocycles. The van der Waals surface area contributed by atoms with Crippen molar-refractivity contribution in [2.75, 3.05) is 11.4 Å². The lowest BCUT2D eigenvalue weighted by Crippen LogP contribution is -2.34. The van der Waals surface area contributed by atoms with E-state index in [0.717, 1.165) is 24.1 Å². The zero-order valence-corrected chi connectivity index (χ0v) is 15.1. The number of amides is 1. The highest BCUT2D eigenvalue weighted by Gasteiger charge is 2.24. The number of benzene rings is 1. The van der Waals surface area contributed by atoms with Gasteiger partial charge in [0.25, 0.3) is 0 Å². The minimum Gasteiger partial charge on any atom is -0.312 e. The topological polar surface area (TPSA) is 79.4 Å². The quantitative estimate of drug-likeness (QED) is 0.909. The third kappa shape index (κ3) is 3.72. The highest BCUT2D eigenvalue weighted by molar-refractivity contribution is 7.89. The zero-order chi connectivity index (χ0) is 18.0. The first-order chi connectivity index (χ1) is 11.9. The molecule has 0 saturated heterocycles. The van der Waals surface area contributed by atoms with Crippen LogP contribution in [0.3, 0.4) is 0 Å². The molecular formula is C18H21N3O3S. The number of nitrogens with one attached hydrogen (secondary N) is 1. The van der Waals surface area contributed by atoms with Gasteiger partial charge in [-0.05, 0) is 55.7 Å². The predicted molar refractivity (Wildman–Crippen MR) is 95.8 cm³/mol. The molecule has 1 aromatic carbocycles. The summed E-state index contributed by atoms with van der Waals surface area (Å²) in [4.78, 5) is 17.8. The minimum absolute atomic E-state index is 0.0292. The van der Waals surface area contributed by atoms with Crippen LogP contribution in [0.25, 0.3) is 0 Å². The average Bonchev–Trinajstić information content (AvgIpc) is 2.61. The highest BCUT2D eigenvalue weighted by atomic mass is 32.2. The second-order valence-electron chi connectivity index (χ2n) is 6.16. The Labute approximate surface area is 147 Å². The van der Waals surface area contributed by atoms with E-state index in [4.69, 9.17) is 0 Å². The number of nitrogens with zero attached hydrogens (tertiary/aromatic N) is 2. The van der Waals surface area contributed by atoms with Crippen LogP contribution in [0.5, 0.6) is 0 Å². The SMILES string of the molecule is CC(=O)N1CCCc2cc(S(=O)(=O)NC(C)c3ccccn3)ccc21. The third-order valence-corrected chi connectivity index (χ3v) is 5.86. The Morgan fingerprint density at radius 1 is 1.28 bits per heavy atom. The molecule has 1 aliphatic rings. The normalized spacial score (nSPS) is 15.5. The van der Waals surface area contributed by atoms with Crippen LogP contribution in [0.1, 0.15) is 37.6 Å². The van der Waals surface area contributed by atoms with Crippen molar-refractivity contribution in [3.05, 3.63) is 53.9 Å². The van der Waals surface area contributed by atoms with Crippen molar-refractivity contribution in [1.29, 1.82) is 0 Å². The number of hydrogen-bond acceptors (Lipinski definition) is 4. The fraction of sp³-hybridized carbons (Fsp3) is 0.333. The van der Waals surface area contributed by atoms with Crippen LogP contribution in [-0.4, -0.2) is 25.9 Å². The van der Waals surface area contributed by atoms with Gasteiger partial charge in [0.05, 0.1) is 16.6 Å². The van der Waals surface area contributed by atoms with Crippen molar-refractivity contribution in [2.24, 2.45) is 0 Å². The van der Waals surface area contributed by atoms with Crippen molar-refractivity contribution in [3.63, 3.8) is 0 Å². The second kappa shape index (κ2) is 6.93. The van der Waals surface area contributed by atoms with Gasteiger partial charge >= 0.3 is 0 Å². The molecule has 132 valence electrons. The fourth-order valence-corrected chi connectivity index (χ4v) is 4.33. The molecule has 0 radical (unpaired) electrons. The van der Waals surface area contributed by atoms with E-state index in [1.165, 1.54) is 6.92 Å². The Morgan fingerprint density at radius 3 is 2.76 bits per heavy atom. The van der Waals surface area contributed by atoms with Crippen molar-refractivity contribution >= 4 is 21.6 Å². The van der Waals surface area contributed by atoms with E-state index in [1.807, 2.05) is 6.07 Å². The van der Waals surface area contributed by atoms with Crippen LogP contribution < -0.4 is 9.62 Å². The number of rotatable bonds is 4. The first-order valence-corrected chi connectivity index (χ1v) is 9.71. The maximum atomic E-state index is 12.7. The van der Waals surface area contributed by atoms with E-state index in [0.29, 0.717) is 12.2 Å². The Bertz CT molecular complexity index is 882. The van der Waals surface area contributed by atoms with E-state index in [1.54, 1.807) is 48.4 Å². The van der Waals surface area contributed by atoms with Crippen molar-refractivity contribution in [3.8, 4) is 0 Å². The minimum atomic E-state index is -3.67. The highest BCUT2D eigenvalue weighted by Crippen LogP contribution is 2.29. The maximum Gasteiger partial charge on any atom is 0.241 e. The molecule has 0 saturated carbocycles. The van der Waals surface area contributed by atoms with Crippen molar-refractivity contribution < 1.29 is 13.2 Å². The molecule has 0 aliphatic carbocycles. The Balaban J connectivity index is 1.87. The molecule has 1 amide bonds. The van der Waals surface area contributed by atoms with E-state index in [9.17, 15) is 13.2 Å². The van der Waals surface area contributed by atoms with Crippen LogP contribution in [0, 0.1) is 0 Å². The molecule has 6 nitrogen and oxygen atoms in total. The van der Waals surface area contributed by atoms with Crippen LogP contribution >= 0.6 is 0 Å². The number of hydrogen-bond donors (Lipinski definition) is 1. The first-order valence-electron chi connectivity index (χ1n) is 8.23. The molecule has 0 spiro atoms. The number of aryl methyl sites for hydroxylation is 1. The number of aromatic nitrogens is 1. The summed E-state index contributed by atoms with van der Waals surface area (Å²) in [5, 5.41) is 0. The van der Waals surface area contributed by atoms with Gasteiger partial charge in [-0.25, -0.2) is 13.1 Å². The summed E-state index contributed by atoms with van der Waals surface area (Å²) in [6.45, 7) is 3.95. The van der Waals surface area contributed by atoms with Crippen LogP contribution in [0.2, 0.25) is 0 Å². The summed E-state index contributed by atoms with van der Waals surface area (Å²) in [5.74, 6) is -0.0292. The summed E-state index contributed by atoms with van der Waals surface area (Å²) in [7, 11) is -3.67. The van der Waals surface area contributed by atoms with Gasteiger partial charge in [-0.15, -0.1) is 0 Å². The van der Waals surface area contributed by atoms with E-state index < -0.39 is 16.1 Å². The number of fused-ring (bicyclic) bond motifs is 1. The van der Waals surface area contributed by atoms with Crippen LogP contribution in [-0.2, 0) is 21.2 Å². The van der Waals surface area contributed by atoms with Gasteiger partial charge < -0.3 is 4.90 Å². The smallest absolute Gasteiger partial charge is 0.241 e. The van der Waals surface area contributed by atoms with Crippen LogP contribution in [0.15, 0.2) is 47.5 Å². The lowest BCUT2D eigenvalue weighted by molar-refractivity contribution is -0.116. The fourth-order valence-electron chi connectivity index (χ4n) is 3.06. The van der Waals surface area contributed by atoms with E-state index >= 15 is 0 Å². The van der Waals surface area contributed by atoms with Gasteiger partial charge in [-0.2, -0.15) is 0 Å². The molecule has 0 bridgehead atoms. The first kappa shape index (κ1) is 17.6. The standard InChI is InChI=1S/C18H21N3O3S/c1-13(17-7-3-4-10-19-17)20-25(23,24)16-8-9-18-15(12-16)6-5-11-21(18)14(2)22/h3-4,7-10,12-13,20H,5-6,11H2,1-2H3. The molecule has 7 heteroatoms. The van der Waals surface area contributed by atoms with Gasteiger partial charge in [-0.1, -0.05) is 6.07 Å². The van der Waals surface area contributed by atoms with Crippen molar-refractivity contribution in [2.45, 2.75) is 37.6 Å². The lowest BCUT2D eigenvalue weighted by Gasteiger charge is -2.29. The van der Waals surface area contributed by atoms with Gasteiger partial charge in [0.15, 0.2) is 0 Å². The third-order valence-electron chi connectivity index (χ3n) is 4.32. The van der Waals surface area contributed by atoms with Gasteiger partial charge in [0, 0.05) is 25.4 Å². The van der Waals surface area contributed by atoms with E-state index in [-0.39, 0.29) is 10.8 Å². The summed E-state index contributed by atoms with van der Waals surface area (Å²) < 4.78 is 28.1. The molecule has 2 heterocycles. The zero-order valence-electron chi connectivity index (χ0n) is 14.3. The van der Waals surface area contributed by atoms with E-state index in [2.05, 4.69) is 9.71 Å². The Hall–Kier alpha value is -2.25. The summed E-state index contributed by atoms with van der Waals surface area (Å²) in [6.07, 6.45) is 3.22. The molecule has 1 N–H and O–H groups in total.